The Labute approximate surface area is 91.3 Å². The highest BCUT2D eigenvalue weighted by Gasteiger charge is 2.04. The Morgan fingerprint density at radius 2 is 2.33 bits per heavy atom. The van der Waals surface area contributed by atoms with E-state index < -0.39 is 0 Å². The van der Waals surface area contributed by atoms with Gasteiger partial charge in [0.2, 0.25) is 0 Å². The number of benzene rings is 1. The molecule has 0 unspecified atom stereocenters. The number of rotatable bonds is 3. The van der Waals surface area contributed by atoms with E-state index in [1.165, 1.54) is 6.33 Å². The summed E-state index contributed by atoms with van der Waals surface area (Å²) >= 11 is 6.06. The Morgan fingerprint density at radius 1 is 1.47 bits per heavy atom. The van der Waals surface area contributed by atoms with Crippen LogP contribution in [-0.2, 0) is 6.54 Å². The number of hydrogen-bond donors (Lipinski definition) is 2. The molecule has 0 aliphatic carbocycles. The van der Waals surface area contributed by atoms with Crippen LogP contribution in [0, 0.1) is 0 Å². The van der Waals surface area contributed by atoms with Gasteiger partial charge >= 0.3 is 0 Å². The first-order valence-corrected chi connectivity index (χ1v) is 4.69. The molecule has 0 aliphatic heterocycles. The van der Waals surface area contributed by atoms with Gasteiger partial charge in [0.25, 0.3) is 0 Å². The van der Waals surface area contributed by atoms with E-state index in [1.807, 2.05) is 12.1 Å². The Kier molecular flexibility index (Phi) is 2.96. The van der Waals surface area contributed by atoms with Crippen molar-refractivity contribution in [2.45, 2.75) is 6.54 Å². The lowest BCUT2D eigenvalue weighted by Crippen LogP contribution is -2.06. The molecule has 6 heteroatoms. The molecule has 5 nitrogen and oxygen atoms in total. The molecule has 0 saturated carbocycles. The molecule has 1 aromatic carbocycles. The topological polar surface area (TPSA) is 63.0 Å². The van der Waals surface area contributed by atoms with Gasteiger partial charge in [-0.3, -0.25) is 0 Å². The monoisotopic (exact) mass is 224 g/mol. The van der Waals surface area contributed by atoms with Crippen molar-refractivity contribution in [2.75, 3.05) is 0 Å². The van der Waals surface area contributed by atoms with Gasteiger partial charge in [-0.1, -0.05) is 17.7 Å². The lowest BCUT2D eigenvalue weighted by molar-refractivity contribution is 0.161. The maximum atomic E-state index is 8.54. The van der Waals surface area contributed by atoms with Gasteiger partial charge in [0, 0.05) is 6.54 Å². The second-order valence-corrected chi connectivity index (χ2v) is 3.37. The molecule has 1 heterocycles. The summed E-state index contributed by atoms with van der Waals surface area (Å²) in [5.74, 6) is 0. The van der Waals surface area contributed by atoms with Crippen LogP contribution >= 0.6 is 11.6 Å². The summed E-state index contributed by atoms with van der Waals surface area (Å²) in [5.41, 5.74) is 3.73. The predicted octanol–water partition coefficient (Wildman–Crippen LogP) is 1.40. The van der Waals surface area contributed by atoms with Gasteiger partial charge in [-0.25, -0.2) is 15.1 Å². The van der Waals surface area contributed by atoms with E-state index in [1.54, 1.807) is 17.1 Å². The number of nitrogens with one attached hydrogen (secondary N) is 1. The van der Waals surface area contributed by atoms with Crippen LogP contribution in [0.5, 0.6) is 0 Å². The SMILES string of the molecule is ONCc1ccc(-n2cncn2)c(Cl)c1. The largest absolute Gasteiger partial charge is 0.316 e. The zero-order valence-electron chi connectivity index (χ0n) is 7.76. The van der Waals surface area contributed by atoms with Crippen LogP contribution in [0.4, 0.5) is 0 Å². The molecule has 0 amide bonds. The molecule has 78 valence electrons. The van der Waals surface area contributed by atoms with Crippen LogP contribution in [0.1, 0.15) is 5.56 Å². The highest BCUT2D eigenvalue weighted by molar-refractivity contribution is 6.32. The number of hydroxylamine groups is 1. The van der Waals surface area contributed by atoms with E-state index >= 15 is 0 Å². The summed E-state index contributed by atoms with van der Waals surface area (Å²) in [7, 11) is 0. The molecule has 0 spiro atoms. The molecule has 0 aliphatic rings. The number of aromatic nitrogens is 3. The summed E-state index contributed by atoms with van der Waals surface area (Å²) in [5, 5.41) is 13.1. The van der Waals surface area contributed by atoms with Gasteiger partial charge in [-0.2, -0.15) is 5.10 Å². The molecule has 0 radical (unpaired) electrons. The van der Waals surface area contributed by atoms with Gasteiger partial charge < -0.3 is 5.21 Å². The molecular formula is C9H9ClN4O. The van der Waals surface area contributed by atoms with E-state index in [9.17, 15) is 0 Å². The molecule has 2 rings (SSSR count). The molecule has 0 atom stereocenters. The van der Waals surface area contributed by atoms with Gasteiger partial charge in [0.05, 0.1) is 10.7 Å². The minimum absolute atomic E-state index is 0.358. The van der Waals surface area contributed by atoms with E-state index in [0.717, 1.165) is 11.3 Å². The first kappa shape index (κ1) is 10.1. The summed E-state index contributed by atoms with van der Waals surface area (Å²) in [4.78, 5) is 3.84. The van der Waals surface area contributed by atoms with Crippen molar-refractivity contribution in [3.05, 3.63) is 41.4 Å². The van der Waals surface area contributed by atoms with E-state index in [-0.39, 0.29) is 0 Å². The second-order valence-electron chi connectivity index (χ2n) is 2.96. The minimum atomic E-state index is 0.358. The van der Waals surface area contributed by atoms with Crippen LogP contribution in [0.15, 0.2) is 30.9 Å². The van der Waals surface area contributed by atoms with Crippen LogP contribution < -0.4 is 5.48 Å². The van der Waals surface area contributed by atoms with Gasteiger partial charge in [0.1, 0.15) is 12.7 Å². The summed E-state index contributed by atoms with van der Waals surface area (Å²) < 4.78 is 1.58. The van der Waals surface area contributed by atoms with Crippen LogP contribution in [-0.4, -0.2) is 20.0 Å². The predicted molar refractivity (Wildman–Crippen MR) is 55.0 cm³/mol. The fraction of sp³-hybridized carbons (Fsp3) is 0.111. The third kappa shape index (κ3) is 2.15. The van der Waals surface area contributed by atoms with Gasteiger partial charge in [-0.15, -0.1) is 0 Å². The van der Waals surface area contributed by atoms with E-state index in [4.69, 9.17) is 16.8 Å². The van der Waals surface area contributed by atoms with E-state index in [2.05, 4.69) is 15.6 Å². The fourth-order valence-electron chi connectivity index (χ4n) is 1.27. The molecule has 1 aromatic heterocycles. The average Bonchev–Trinajstić information content (AvgIpc) is 2.71. The zero-order valence-corrected chi connectivity index (χ0v) is 8.52. The van der Waals surface area contributed by atoms with Gasteiger partial charge in [-0.05, 0) is 17.7 Å². The molecule has 15 heavy (non-hydrogen) atoms. The Hall–Kier alpha value is -1.43. The third-order valence-electron chi connectivity index (χ3n) is 1.96. The molecule has 2 aromatic rings. The van der Waals surface area contributed by atoms with Crippen molar-refractivity contribution in [2.24, 2.45) is 0 Å². The second kappa shape index (κ2) is 4.39. The Morgan fingerprint density at radius 3 is 2.93 bits per heavy atom. The van der Waals surface area contributed by atoms with Crippen LogP contribution in [0.2, 0.25) is 5.02 Å². The number of nitrogens with zero attached hydrogens (tertiary/aromatic N) is 3. The first-order valence-electron chi connectivity index (χ1n) is 4.31. The number of hydrogen-bond acceptors (Lipinski definition) is 4. The standard InChI is InChI=1S/C9H9ClN4O/c10-8-3-7(4-13-15)1-2-9(8)14-6-11-5-12-14/h1-3,5-6,13,15H,4H2. The molecular weight excluding hydrogens is 216 g/mol. The summed E-state index contributed by atoms with van der Waals surface area (Å²) in [6, 6.07) is 5.44. The molecule has 0 fully saturated rings. The van der Waals surface area contributed by atoms with Crippen molar-refractivity contribution in [3.8, 4) is 5.69 Å². The first-order chi connectivity index (χ1) is 7.31. The lowest BCUT2D eigenvalue weighted by atomic mass is 10.2. The Bertz CT molecular complexity index is 443. The highest BCUT2D eigenvalue weighted by atomic mass is 35.5. The maximum Gasteiger partial charge on any atom is 0.138 e. The highest BCUT2D eigenvalue weighted by Crippen LogP contribution is 2.20. The zero-order chi connectivity index (χ0) is 10.7. The lowest BCUT2D eigenvalue weighted by Gasteiger charge is -2.05. The smallest absolute Gasteiger partial charge is 0.138 e. The average molecular weight is 225 g/mol. The van der Waals surface area contributed by atoms with Gasteiger partial charge in [0.15, 0.2) is 0 Å². The van der Waals surface area contributed by atoms with E-state index in [0.29, 0.717) is 11.6 Å². The van der Waals surface area contributed by atoms with Crippen molar-refractivity contribution in [1.29, 1.82) is 0 Å². The Balaban J connectivity index is 2.35. The number of halogens is 1. The normalized spacial score (nSPS) is 10.5. The summed E-state index contributed by atoms with van der Waals surface area (Å²) in [6.45, 7) is 0.358. The summed E-state index contributed by atoms with van der Waals surface area (Å²) in [6.07, 6.45) is 3.02. The maximum absolute atomic E-state index is 8.54. The minimum Gasteiger partial charge on any atom is -0.316 e. The third-order valence-corrected chi connectivity index (χ3v) is 2.26. The van der Waals surface area contributed by atoms with Crippen molar-refractivity contribution in [3.63, 3.8) is 0 Å². The van der Waals surface area contributed by atoms with Crippen molar-refractivity contribution < 1.29 is 5.21 Å². The van der Waals surface area contributed by atoms with Crippen molar-refractivity contribution >= 4 is 11.6 Å². The van der Waals surface area contributed by atoms with Crippen LogP contribution in [0.25, 0.3) is 5.69 Å². The van der Waals surface area contributed by atoms with Crippen LogP contribution in [0.3, 0.4) is 0 Å². The molecule has 0 bridgehead atoms. The quantitative estimate of drug-likeness (QED) is 0.774. The van der Waals surface area contributed by atoms with Crippen molar-refractivity contribution in [1.82, 2.24) is 20.2 Å². The fourth-order valence-corrected chi connectivity index (χ4v) is 1.56. The molecule has 2 N–H and O–H groups in total. The molecule has 0 saturated heterocycles.